The molecule has 0 unspecified atom stereocenters. The van der Waals surface area contributed by atoms with E-state index in [4.69, 9.17) is 16.7 Å². The van der Waals surface area contributed by atoms with Crippen molar-refractivity contribution in [2.75, 3.05) is 13.6 Å². The molecule has 0 aromatic heterocycles. The van der Waals surface area contributed by atoms with Gasteiger partial charge in [0.1, 0.15) is 5.82 Å². The number of benzene rings is 1. The molecule has 2 N–H and O–H groups in total. The lowest BCUT2D eigenvalue weighted by atomic mass is 10.2. The molecule has 0 saturated carbocycles. The van der Waals surface area contributed by atoms with Crippen LogP contribution in [-0.4, -0.2) is 35.6 Å². The lowest BCUT2D eigenvalue weighted by Crippen LogP contribution is -2.37. The van der Waals surface area contributed by atoms with Crippen molar-refractivity contribution in [3.05, 3.63) is 34.6 Å². The Morgan fingerprint density at radius 2 is 2.15 bits per heavy atom. The molecule has 0 bridgehead atoms. The first-order chi connectivity index (χ1) is 9.40. The van der Waals surface area contributed by atoms with E-state index in [1.54, 1.807) is 7.05 Å². The van der Waals surface area contributed by atoms with Gasteiger partial charge in [0.25, 0.3) is 0 Å². The van der Waals surface area contributed by atoms with Crippen molar-refractivity contribution < 1.29 is 19.1 Å². The first kappa shape index (κ1) is 16.2. The minimum Gasteiger partial charge on any atom is -0.481 e. The predicted molar refractivity (Wildman–Crippen MR) is 73.1 cm³/mol. The monoisotopic (exact) mass is 302 g/mol. The van der Waals surface area contributed by atoms with Gasteiger partial charge in [0.15, 0.2) is 0 Å². The van der Waals surface area contributed by atoms with Gasteiger partial charge in [-0.05, 0) is 24.1 Å². The fourth-order valence-corrected chi connectivity index (χ4v) is 1.73. The molecule has 0 aliphatic carbocycles. The number of carboxylic acids is 1. The maximum Gasteiger partial charge on any atom is 0.317 e. The highest BCUT2D eigenvalue weighted by Gasteiger charge is 2.09. The van der Waals surface area contributed by atoms with Crippen LogP contribution in [0.5, 0.6) is 0 Å². The molecule has 5 nitrogen and oxygen atoms in total. The molecule has 7 heteroatoms. The summed E-state index contributed by atoms with van der Waals surface area (Å²) in [5.74, 6) is -1.40. The number of rotatable bonds is 6. The van der Waals surface area contributed by atoms with Crippen LogP contribution in [-0.2, 0) is 11.3 Å². The quantitative estimate of drug-likeness (QED) is 0.848. The third-order valence-electron chi connectivity index (χ3n) is 2.66. The number of hydrogen-bond donors (Lipinski definition) is 2. The standard InChI is InChI=1S/C13H16ClFN2O3/c1-17(6-2-3-12(18)19)13(20)16-8-9-4-5-11(15)10(14)7-9/h4-5,7H,2-3,6,8H2,1H3,(H,16,20)(H,18,19). The molecule has 0 atom stereocenters. The van der Waals surface area contributed by atoms with Gasteiger partial charge in [-0.25, -0.2) is 9.18 Å². The summed E-state index contributed by atoms with van der Waals surface area (Å²) < 4.78 is 13.0. The highest BCUT2D eigenvalue weighted by atomic mass is 35.5. The number of urea groups is 1. The number of halogens is 2. The van der Waals surface area contributed by atoms with Crippen LogP contribution in [0.4, 0.5) is 9.18 Å². The fraction of sp³-hybridized carbons (Fsp3) is 0.385. The Balaban J connectivity index is 2.38. The van der Waals surface area contributed by atoms with Crippen LogP contribution in [0.15, 0.2) is 18.2 Å². The van der Waals surface area contributed by atoms with Crippen molar-refractivity contribution in [3.8, 4) is 0 Å². The Morgan fingerprint density at radius 1 is 1.45 bits per heavy atom. The number of aliphatic carboxylic acids is 1. The van der Waals surface area contributed by atoms with Gasteiger partial charge in [0, 0.05) is 26.6 Å². The number of hydrogen-bond acceptors (Lipinski definition) is 2. The van der Waals surface area contributed by atoms with E-state index in [2.05, 4.69) is 5.32 Å². The number of carbonyl (C=O) groups excluding carboxylic acids is 1. The molecule has 0 heterocycles. The molecular weight excluding hydrogens is 287 g/mol. The third kappa shape index (κ3) is 5.44. The van der Waals surface area contributed by atoms with Crippen LogP contribution in [0.1, 0.15) is 18.4 Å². The lowest BCUT2D eigenvalue weighted by molar-refractivity contribution is -0.137. The molecule has 0 radical (unpaired) electrons. The second kappa shape index (κ2) is 7.69. The van der Waals surface area contributed by atoms with E-state index in [0.717, 1.165) is 0 Å². The molecule has 0 aliphatic heterocycles. The summed E-state index contributed by atoms with van der Waals surface area (Å²) in [4.78, 5) is 23.5. The molecule has 0 saturated heterocycles. The summed E-state index contributed by atoms with van der Waals surface area (Å²) in [7, 11) is 1.58. The number of carbonyl (C=O) groups is 2. The van der Waals surface area contributed by atoms with Crippen molar-refractivity contribution in [1.82, 2.24) is 10.2 Å². The van der Waals surface area contributed by atoms with Crippen LogP contribution >= 0.6 is 11.6 Å². The highest BCUT2D eigenvalue weighted by Crippen LogP contribution is 2.15. The number of nitrogens with one attached hydrogen (secondary N) is 1. The van der Waals surface area contributed by atoms with Crippen LogP contribution in [0.3, 0.4) is 0 Å². The zero-order valence-corrected chi connectivity index (χ0v) is 11.8. The number of amides is 2. The second-order valence-electron chi connectivity index (χ2n) is 4.33. The number of nitrogens with zero attached hydrogens (tertiary/aromatic N) is 1. The van der Waals surface area contributed by atoms with E-state index in [-0.39, 0.29) is 24.0 Å². The minimum absolute atomic E-state index is 0.00608. The van der Waals surface area contributed by atoms with Gasteiger partial charge in [-0.3, -0.25) is 4.79 Å². The zero-order chi connectivity index (χ0) is 15.1. The zero-order valence-electron chi connectivity index (χ0n) is 11.0. The van der Waals surface area contributed by atoms with E-state index >= 15 is 0 Å². The Labute approximate surface area is 121 Å². The van der Waals surface area contributed by atoms with Crippen molar-refractivity contribution in [2.45, 2.75) is 19.4 Å². The first-order valence-electron chi connectivity index (χ1n) is 6.05. The summed E-state index contributed by atoms with van der Waals surface area (Å²) >= 11 is 5.64. The van der Waals surface area contributed by atoms with Crippen LogP contribution < -0.4 is 5.32 Å². The maximum absolute atomic E-state index is 13.0. The largest absolute Gasteiger partial charge is 0.481 e. The van der Waals surface area contributed by atoms with E-state index in [9.17, 15) is 14.0 Å². The molecule has 20 heavy (non-hydrogen) atoms. The fourth-order valence-electron chi connectivity index (χ4n) is 1.53. The van der Waals surface area contributed by atoms with Crippen LogP contribution in [0.2, 0.25) is 5.02 Å². The summed E-state index contributed by atoms with van der Waals surface area (Å²) in [6.45, 7) is 0.574. The average molecular weight is 303 g/mol. The van der Waals surface area contributed by atoms with Gasteiger partial charge in [0.05, 0.1) is 5.02 Å². The molecule has 0 fully saturated rings. The van der Waals surface area contributed by atoms with E-state index in [1.807, 2.05) is 0 Å². The summed E-state index contributed by atoms with van der Waals surface area (Å²) in [6, 6.07) is 3.89. The number of carboxylic acid groups (broad SMARTS) is 1. The van der Waals surface area contributed by atoms with Crippen LogP contribution in [0.25, 0.3) is 0 Å². The molecule has 0 spiro atoms. The lowest BCUT2D eigenvalue weighted by Gasteiger charge is -2.17. The van der Waals surface area contributed by atoms with Gasteiger partial charge in [-0.2, -0.15) is 0 Å². The van der Waals surface area contributed by atoms with Gasteiger partial charge >= 0.3 is 12.0 Å². The molecule has 110 valence electrons. The summed E-state index contributed by atoms with van der Waals surface area (Å²) in [6.07, 6.45) is 0.410. The Morgan fingerprint density at radius 3 is 2.75 bits per heavy atom. The Bertz CT molecular complexity index is 497. The second-order valence-corrected chi connectivity index (χ2v) is 4.73. The minimum atomic E-state index is -0.889. The highest BCUT2D eigenvalue weighted by molar-refractivity contribution is 6.30. The van der Waals surface area contributed by atoms with Crippen molar-refractivity contribution >= 4 is 23.6 Å². The normalized spacial score (nSPS) is 10.2. The maximum atomic E-state index is 13.0. The van der Waals surface area contributed by atoms with Crippen LogP contribution in [0, 0.1) is 5.82 Å². The molecule has 0 aliphatic rings. The van der Waals surface area contributed by atoms with Gasteiger partial charge in [0.2, 0.25) is 0 Å². The van der Waals surface area contributed by atoms with Crippen molar-refractivity contribution in [3.63, 3.8) is 0 Å². The predicted octanol–water partition coefficient (Wildman–Crippen LogP) is 2.49. The van der Waals surface area contributed by atoms with E-state index in [1.165, 1.54) is 23.1 Å². The average Bonchev–Trinajstić information content (AvgIpc) is 2.39. The van der Waals surface area contributed by atoms with Crippen molar-refractivity contribution in [2.24, 2.45) is 0 Å². The topological polar surface area (TPSA) is 69.6 Å². The molecule has 1 aromatic rings. The molecule has 1 rings (SSSR count). The van der Waals surface area contributed by atoms with E-state index < -0.39 is 11.8 Å². The SMILES string of the molecule is CN(CCCC(=O)O)C(=O)NCc1ccc(F)c(Cl)c1. The summed E-state index contributed by atoms with van der Waals surface area (Å²) in [5, 5.41) is 11.2. The van der Waals surface area contributed by atoms with E-state index in [0.29, 0.717) is 18.5 Å². The Hall–Kier alpha value is -1.82. The van der Waals surface area contributed by atoms with Gasteiger partial charge < -0.3 is 15.3 Å². The third-order valence-corrected chi connectivity index (χ3v) is 2.95. The van der Waals surface area contributed by atoms with Gasteiger partial charge in [-0.1, -0.05) is 17.7 Å². The Kier molecular flexibility index (Phi) is 6.24. The summed E-state index contributed by atoms with van der Waals surface area (Å²) in [5.41, 5.74) is 0.684. The molecule has 1 aromatic carbocycles. The smallest absolute Gasteiger partial charge is 0.317 e. The molecule has 2 amide bonds. The molecular formula is C13H16ClFN2O3. The van der Waals surface area contributed by atoms with Crippen molar-refractivity contribution in [1.29, 1.82) is 0 Å². The van der Waals surface area contributed by atoms with Gasteiger partial charge in [-0.15, -0.1) is 0 Å². The first-order valence-corrected chi connectivity index (χ1v) is 6.42.